The third kappa shape index (κ3) is 7.79. The summed E-state index contributed by atoms with van der Waals surface area (Å²) >= 11 is 0. The maximum atomic E-state index is 11.6. The molecule has 0 saturated carbocycles. The Labute approximate surface area is 121 Å². The van der Waals surface area contributed by atoms with Crippen molar-refractivity contribution in [1.82, 2.24) is 5.32 Å². The zero-order valence-electron chi connectivity index (χ0n) is 12.8. The number of ether oxygens (including phenoxy) is 2. The average molecular weight is 279 g/mol. The minimum absolute atomic E-state index is 0.0284. The van der Waals surface area contributed by atoms with E-state index in [1.165, 1.54) is 0 Å². The summed E-state index contributed by atoms with van der Waals surface area (Å²) < 4.78 is 10.8. The van der Waals surface area contributed by atoms with Gasteiger partial charge in [0.25, 0.3) is 0 Å². The van der Waals surface area contributed by atoms with Crippen LogP contribution in [0.4, 0.5) is 4.79 Å². The summed E-state index contributed by atoms with van der Waals surface area (Å²) in [6, 6.07) is 9.65. The van der Waals surface area contributed by atoms with Crippen molar-refractivity contribution in [2.24, 2.45) is 0 Å². The van der Waals surface area contributed by atoms with Gasteiger partial charge in [-0.3, -0.25) is 0 Å². The third-order valence-electron chi connectivity index (χ3n) is 2.66. The Bertz CT molecular complexity index is 398. The molecule has 1 amide bonds. The minimum atomic E-state index is -0.392. The number of carbonyl (C=O) groups excluding carboxylic acids is 1. The van der Waals surface area contributed by atoms with E-state index >= 15 is 0 Å². The molecule has 0 aromatic heterocycles. The summed E-state index contributed by atoms with van der Waals surface area (Å²) in [4.78, 5) is 11.6. The molecule has 0 radical (unpaired) electrons. The van der Waals surface area contributed by atoms with Crippen molar-refractivity contribution in [1.29, 1.82) is 0 Å². The highest BCUT2D eigenvalue weighted by molar-refractivity contribution is 5.67. The van der Waals surface area contributed by atoms with E-state index in [9.17, 15) is 4.79 Å². The smallest absolute Gasteiger partial charge is 0.407 e. The first kappa shape index (κ1) is 16.5. The van der Waals surface area contributed by atoms with Crippen LogP contribution >= 0.6 is 0 Å². The van der Waals surface area contributed by atoms with Crippen LogP contribution in [0.1, 0.15) is 39.7 Å². The summed E-state index contributed by atoms with van der Waals surface area (Å²) in [5.41, 5.74) is 0.833. The van der Waals surface area contributed by atoms with Crippen molar-refractivity contribution in [3.8, 4) is 0 Å². The number of nitrogens with one attached hydrogen (secondary N) is 1. The molecule has 0 bridgehead atoms. The second kappa shape index (κ2) is 7.90. The Balaban J connectivity index is 2.18. The molecule has 4 heteroatoms. The van der Waals surface area contributed by atoms with E-state index in [4.69, 9.17) is 9.47 Å². The van der Waals surface area contributed by atoms with E-state index in [1.54, 1.807) is 0 Å². The molecule has 1 aromatic carbocycles. The third-order valence-corrected chi connectivity index (χ3v) is 2.66. The van der Waals surface area contributed by atoms with Crippen molar-refractivity contribution < 1.29 is 14.3 Å². The molecule has 0 heterocycles. The van der Waals surface area contributed by atoms with Crippen LogP contribution in [0.15, 0.2) is 30.3 Å². The van der Waals surface area contributed by atoms with Gasteiger partial charge in [0.2, 0.25) is 0 Å². The Morgan fingerprint density at radius 1 is 1.25 bits per heavy atom. The van der Waals surface area contributed by atoms with Crippen molar-refractivity contribution in [3.63, 3.8) is 0 Å². The zero-order chi connectivity index (χ0) is 15.0. The standard InChI is InChI=1S/C16H25NO3/c1-13(10-11-20-16(2,3)4)17-15(18)19-12-14-8-6-5-7-9-14/h5-9,13H,10-12H2,1-4H3,(H,17,18)/t13-/m1/s1. The van der Waals surface area contributed by atoms with Crippen molar-refractivity contribution in [2.75, 3.05) is 6.61 Å². The highest BCUT2D eigenvalue weighted by atomic mass is 16.5. The van der Waals surface area contributed by atoms with Gasteiger partial charge in [0.05, 0.1) is 5.60 Å². The predicted octanol–water partition coefficient (Wildman–Crippen LogP) is 3.51. The van der Waals surface area contributed by atoms with Crippen LogP contribution < -0.4 is 5.32 Å². The van der Waals surface area contributed by atoms with E-state index in [2.05, 4.69) is 5.32 Å². The lowest BCUT2D eigenvalue weighted by Crippen LogP contribution is -2.34. The first-order chi connectivity index (χ1) is 9.37. The molecule has 112 valence electrons. The van der Waals surface area contributed by atoms with Crippen LogP contribution in [-0.2, 0) is 16.1 Å². The molecule has 0 aliphatic rings. The van der Waals surface area contributed by atoms with Gasteiger partial charge in [0.1, 0.15) is 6.61 Å². The molecule has 0 aliphatic carbocycles. The van der Waals surface area contributed by atoms with Gasteiger partial charge in [-0.2, -0.15) is 0 Å². The molecule has 4 nitrogen and oxygen atoms in total. The van der Waals surface area contributed by atoms with Gasteiger partial charge >= 0.3 is 6.09 Å². The lowest BCUT2D eigenvalue weighted by molar-refractivity contribution is -0.00654. The van der Waals surface area contributed by atoms with E-state index in [0.29, 0.717) is 6.61 Å². The summed E-state index contributed by atoms with van der Waals surface area (Å²) in [7, 11) is 0. The van der Waals surface area contributed by atoms with Crippen molar-refractivity contribution in [3.05, 3.63) is 35.9 Å². The van der Waals surface area contributed by atoms with Crippen LogP contribution in [0, 0.1) is 0 Å². The number of alkyl carbamates (subject to hydrolysis) is 1. The molecule has 0 fully saturated rings. The van der Waals surface area contributed by atoms with Gasteiger partial charge in [-0.25, -0.2) is 4.79 Å². The monoisotopic (exact) mass is 279 g/mol. The quantitative estimate of drug-likeness (QED) is 0.867. The van der Waals surface area contributed by atoms with Crippen molar-refractivity contribution in [2.45, 2.75) is 52.4 Å². The number of hydrogen-bond donors (Lipinski definition) is 1. The molecule has 1 N–H and O–H groups in total. The van der Waals surface area contributed by atoms with Crippen LogP contribution in [-0.4, -0.2) is 24.3 Å². The fourth-order valence-electron chi connectivity index (χ4n) is 1.58. The minimum Gasteiger partial charge on any atom is -0.445 e. The Morgan fingerprint density at radius 3 is 2.50 bits per heavy atom. The molecule has 0 saturated heterocycles. The van der Waals surface area contributed by atoms with E-state index in [1.807, 2.05) is 58.0 Å². The SMILES string of the molecule is C[C@H](CCOC(C)(C)C)NC(=O)OCc1ccccc1. The predicted molar refractivity (Wildman–Crippen MR) is 79.5 cm³/mol. The Morgan fingerprint density at radius 2 is 1.90 bits per heavy atom. The number of benzene rings is 1. The number of hydrogen-bond acceptors (Lipinski definition) is 3. The van der Waals surface area contributed by atoms with Crippen LogP contribution in [0.3, 0.4) is 0 Å². The van der Waals surface area contributed by atoms with Gasteiger partial charge in [-0.05, 0) is 39.7 Å². The summed E-state index contributed by atoms with van der Waals surface area (Å²) in [6.45, 7) is 8.88. The number of amides is 1. The first-order valence-corrected chi connectivity index (χ1v) is 6.98. The van der Waals surface area contributed by atoms with E-state index in [-0.39, 0.29) is 18.2 Å². The number of rotatable bonds is 6. The maximum absolute atomic E-state index is 11.6. The van der Waals surface area contributed by atoms with Gasteiger partial charge in [-0.1, -0.05) is 30.3 Å². The first-order valence-electron chi connectivity index (χ1n) is 6.98. The normalized spacial score (nSPS) is 12.8. The van der Waals surface area contributed by atoms with Gasteiger partial charge in [-0.15, -0.1) is 0 Å². The average Bonchev–Trinajstić information content (AvgIpc) is 2.36. The molecule has 1 aromatic rings. The molecule has 0 spiro atoms. The second-order valence-electron chi connectivity index (χ2n) is 5.86. The second-order valence-corrected chi connectivity index (χ2v) is 5.86. The van der Waals surface area contributed by atoms with Gasteiger partial charge in [0, 0.05) is 12.6 Å². The van der Waals surface area contributed by atoms with E-state index < -0.39 is 6.09 Å². The number of carbonyl (C=O) groups is 1. The molecular formula is C16H25NO3. The van der Waals surface area contributed by atoms with Crippen LogP contribution in [0.2, 0.25) is 0 Å². The highest BCUT2D eigenvalue weighted by Crippen LogP contribution is 2.08. The maximum Gasteiger partial charge on any atom is 0.407 e. The molecule has 0 aliphatic heterocycles. The van der Waals surface area contributed by atoms with Gasteiger partial charge in [0.15, 0.2) is 0 Å². The molecule has 0 unspecified atom stereocenters. The molecule has 1 rings (SSSR count). The van der Waals surface area contributed by atoms with Crippen molar-refractivity contribution >= 4 is 6.09 Å². The fourth-order valence-corrected chi connectivity index (χ4v) is 1.58. The molecule has 1 atom stereocenters. The molecule has 20 heavy (non-hydrogen) atoms. The highest BCUT2D eigenvalue weighted by Gasteiger charge is 2.12. The van der Waals surface area contributed by atoms with Crippen LogP contribution in [0.5, 0.6) is 0 Å². The lowest BCUT2D eigenvalue weighted by atomic mass is 10.2. The summed E-state index contributed by atoms with van der Waals surface area (Å²) in [6.07, 6.45) is 0.370. The lowest BCUT2D eigenvalue weighted by Gasteiger charge is -2.21. The topological polar surface area (TPSA) is 47.6 Å². The molecular weight excluding hydrogens is 254 g/mol. The largest absolute Gasteiger partial charge is 0.445 e. The fraction of sp³-hybridized carbons (Fsp3) is 0.562. The zero-order valence-corrected chi connectivity index (χ0v) is 12.8. The Hall–Kier alpha value is -1.55. The Kier molecular flexibility index (Phi) is 6.52. The van der Waals surface area contributed by atoms with Gasteiger partial charge < -0.3 is 14.8 Å². The summed E-state index contributed by atoms with van der Waals surface area (Å²) in [5, 5.41) is 2.80. The van der Waals surface area contributed by atoms with Crippen LogP contribution in [0.25, 0.3) is 0 Å². The summed E-state index contributed by atoms with van der Waals surface area (Å²) in [5.74, 6) is 0. The van der Waals surface area contributed by atoms with E-state index in [0.717, 1.165) is 12.0 Å².